The molecule has 0 bridgehead atoms. The molecule has 2 aromatic rings. The van der Waals surface area contributed by atoms with E-state index in [1.165, 1.54) is 10.6 Å². The Bertz CT molecular complexity index is 828. The molecule has 1 N–H and O–H groups in total. The van der Waals surface area contributed by atoms with Gasteiger partial charge >= 0.3 is 0 Å². The largest absolute Gasteiger partial charge is 0.469 e. The van der Waals surface area contributed by atoms with Crippen LogP contribution in [0.15, 0.2) is 41.0 Å². The van der Waals surface area contributed by atoms with E-state index in [1.807, 2.05) is 12.1 Å². The Kier molecular flexibility index (Phi) is 4.62. The minimum absolute atomic E-state index is 0.0953. The third-order valence-electron chi connectivity index (χ3n) is 4.02. The molecule has 0 saturated heterocycles. The Hall–Kier alpha value is -2.28. The van der Waals surface area contributed by atoms with Crippen LogP contribution >= 0.6 is 0 Å². The zero-order chi connectivity index (χ0) is 17.2. The number of sulfonamides is 1. The van der Waals surface area contributed by atoms with E-state index < -0.39 is 10.0 Å². The third-order valence-corrected chi connectivity index (χ3v) is 5.20. The van der Waals surface area contributed by atoms with Crippen molar-refractivity contribution in [1.82, 2.24) is 0 Å². The number of carbonyl (C=O) groups is 1. The minimum atomic E-state index is -3.27. The lowest BCUT2D eigenvalue weighted by Gasteiger charge is -2.29. The highest BCUT2D eigenvalue weighted by molar-refractivity contribution is 7.92. The number of rotatable bonds is 5. The molecule has 24 heavy (non-hydrogen) atoms. The lowest BCUT2D eigenvalue weighted by Crippen LogP contribution is -2.34. The van der Waals surface area contributed by atoms with E-state index in [4.69, 9.17) is 4.42 Å². The van der Waals surface area contributed by atoms with Gasteiger partial charge < -0.3 is 9.73 Å². The molecule has 0 radical (unpaired) electrons. The second-order valence-corrected chi connectivity index (χ2v) is 7.82. The first-order chi connectivity index (χ1) is 11.4. The zero-order valence-corrected chi connectivity index (χ0v) is 14.3. The first-order valence-electron chi connectivity index (χ1n) is 7.86. The van der Waals surface area contributed by atoms with Crippen LogP contribution in [0, 0.1) is 0 Å². The molecule has 2 heterocycles. The summed E-state index contributed by atoms with van der Waals surface area (Å²) >= 11 is 0. The van der Waals surface area contributed by atoms with Gasteiger partial charge in [0.2, 0.25) is 15.9 Å². The van der Waals surface area contributed by atoms with Crippen molar-refractivity contribution in [2.45, 2.75) is 25.7 Å². The summed E-state index contributed by atoms with van der Waals surface area (Å²) < 4.78 is 30.3. The van der Waals surface area contributed by atoms with Crippen molar-refractivity contribution in [3.05, 3.63) is 47.9 Å². The molecule has 1 aromatic carbocycles. The van der Waals surface area contributed by atoms with Crippen LogP contribution in [0.5, 0.6) is 0 Å². The Labute approximate surface area is 141 Å². The van der Waals surface area contributed by atoms with Crippen LogP contribution in [0.1, 0.15) is 24.2 Å². The summed E-state index contributed by atoms with van der Waals surface area (Å²) in [5.41, 5.74) is 2.33. The molecule has 0 spiro atoms. The summed E-state index contributed by atoms with van der Waals surface area (Å²) in [4.78, 5) is 12.0. The van der Waals surface area contributed by atoms with Crippen molar-refractivity contribution in [1.29, 1.82) is 0 Å². The Morgan fingerprint density at radius 2 is 2.17 bits per heavy atom. The summed E-state index contributed by atoms with van der Waals surface area (Å²) in [5, 5.41) is 2.86. The van der Waals surface area contributed by atoms with Gasteiger partial charge in [-0.05, 0) is 48.7 Å². The van der Waals surface area contributed by atoms with E-state index in [2.05, 4.69) is 5.32 Å². The van der Waals surface area contributed by atoms with E-state index >= 15 is 0 Å². The molecule has 1 aliphatic heterocycles. The van der Waals surface area contributed by atoms with E-state index in [0.717, 1.165) is 24.2 Å². The van der Waals surface area contributed by atoms with Gasteiger partial charge in [0.25, 0.3) is 0 Å². The maximum absolute atomic E-state index is 12.0. The van der Waals surface area contributed by atoms with Gasteiger partial charge in [0.1, 0.15) is 5.76 Å². The number of aryl methyl sites for hydroxylation is 2. The maximum atomic E-state index is 12.0. The van der Waals surface area contributed by atoms with Gasteiger partial charge in [0.05, 0.1) is 18.2 Å². The highest BCUT2D eigenvalue weighted by atomic mass is 32.2. The van der Waals surface area contributed by atoms with E-state index in [-0.39, 0.29) is 5.91 Å². The summed E-state index contributed by atoms with van der Waals surface area (Å²) in [6.45, 7) is 0.501. The van der Waals surface area contributed by atoms with Crippen LogP contribution in [0.2, 0.25) is 0 Å². The normalized spacial score (nSPS) is 14.3. The van der Waals surface area contributed by atoms with Gasteiger partial charge in [-0.2, -0.15) is 0 Å². The molecule has 1 aliphatic rings. The molecule has 0 atom stereocenters. The van der Waals surface area contributed by atoms with Crippen molar-refractivity contribution in [3.8, 4) is 0 Å². The van der Waals surface area contributed by atoms with Gasteiger partial charge in [0, 0.05) is 25.1 Å². The predicted molar refractivity (Wildman–Crippen MR) is 92.6 cm³/mol. The van der Waals surface area contributed by atoms with E-state index in [9.17, 15) is 13.2 Å². The molecule has 0 aliphatic carbocycles. The monoisotopic (exact) mass is 348 g/mol. The fourth-order valence-electron chi connectivity index (χ4n) is 2.90. The lowest BCUT2D eigenvalue weighted by atomic mass is 10.0. The molecule has 1 aromatic heterocycles. The van der Waals surface area contributed by atoms with Crippen LogP contribution in [0.4, 0.5) is 11.4 Å². The fourth-order valence-corrected chi connectivity index (χ4v) is 3.90. The number of nitrogens with one attached hydrogen (secondary N) is 1. The topological polar surface area (TPSA) is 79.6 Å². The van der Waals surface area contributed by atoms with Crippen molar-refractivity contribution < 1.29 is 17.6 Å². The average Bonchev–Trinajstić information content (AvgIpc) is 3.04. The van der Waals surface area contributed by atoms with Gasteiger partial charge in [-0.1, -0.05) is 0 Å². The van der Waals surface area contributed by atoms with Crippen molar-refractivity contribution in [2.75, 3.05) is 22.4 Å². The number of fused-ring (bicyclic) bond motifs is 1. The van der Waals surface area contributed by atoms with Crippen LogP contribution in [0.3, 0.4) is 0 Å². The second-order valence-electron chi connectivity index (χ2n) is 5.91. The van der Waals surface area contributed by atoms with Crippen LogP contribution < -0.4 is 9.62 Å². The molecule has 3 rings (SSSR count). The number of hydrogen-bond acceptors (Lipinski definition) is 4. The summed E-state index contributed by atoms with van der Waals surface area (Å²) in [6.07, 6.45) is 5.26. The molecule has 128 valence electrons. The fraction of sp³-hybridized carbons (Fsp3) is 0.353. The molecule has 0 fully saturated rings. The Morgan fingerprint density at radius 3 is 2.88 bits per heavy atom. The predicted octanol–water partition coefficient (Wildman–Crippen LogP) is 2.56. The number of carbonyl (C=O) groups excluding carboxylic acids is 1. The maximum Gasteiger partial charge on any atom is 0.232 e. The number of nitrogens with zero attached hydrogens (tertiary/aromatic N) is 1. The smallest absolute Gasteiger partial charge is 0.232 e. The lowest BCUT2D eigenvalue weighted by molar-refractivity contribution is -0.116. The van der Waals surface area contributed by atoms with Crippen LogP contribution in [0.25, 0.3) is 0 Å². The molecule has 7 heteroatoms. The molecular formula is C17H20N2O4S. The summed E-state index contributed by atoms with van der Waals surface area (Å²) in [6, 6.07) is 9.00. The Morgan fingerprint density at radius 1 is 1.33 bits per heavy atom. The highest BCUT2D eigenvalue weighted by Gasteiger charge is 2.24. The minimum Gasteiger partial charge on any atom is -0.469 e. The standard InChI is InChI=1S/C17H20N2O4S/c1-24(21,22)19-10-2-4-13-12-14(6-8-16(13)19)18-17(20)9-7-15-5-3-11-23-15/h3,5-6,8,11-12H,2,4,7,9-10H2,1H3,(H,18,20). The van der Waals surface area contributed by atoms with Crippen LogP contribution in [-0.4, -0.2) is 27.1 Å². The number of benzene rings is 1. The number of furan rings is 1. The van der Waals surface area contributed by atoms with Crippen LogP contribution in [-0.2, 0) is 27.7 Å². The second kappa shape index (κ2) is 6.68. The van der Waals surface area contributed by atoms with Crippen molar-refractivity contribution >= 4 is 27.3 Å². The average molecular weight is 348 g/mol. The van der Waals surface area contributed by atoms with Gasteiger partial charge in [0.15, 0.2) is 0 Å². The first kappa shape index (κ1) is 16.6. The third kappa shape index (κ3) is 3.79. The van der Waals surface area contributed by atoms with E-state index in [0.29, 0.717) is 30.8 Å². The van der Waals surface area contributed by atoms with E-state index in [1.54, 1.807) is 24.5 Å². The molecular weight excluding hydrogens is 328 g/mol. The molecule has 0 unspecified atom stereocenters. The van der Waals surface area contributed by atoms with Crippen molar-refractivity contribution in [2.24, 2.45) is 0 Å². The van der Waals surface area contributed by atoms with Gasteiger partial charge in [-0.25, -0.2) is 8.42 Å². The summed E-state index contributed by atoms with van der Waals surface area (Å²) in [5.74, 6) is 0.682. The molecule has 6 nitrogen and oxygen atoms in total. The first-order valence-corrected chi connectivity index (χ1v) is 9.71. The molecule has 0 saturated carbocycles. The van der Waals surface area contributed by atoms with Crippen molar-refractivity contribution in [3.63, 3.8) is 0 Å². The number of hydrogen-bond donors (Lipinski definition) is 1. The summed E-state index contributed by atoms with van der Waals surface area (Å²) in [7, 11) is -3.27. The molecule has 1 amide bonds. The quantitative estimate of drug-likeness (QED) is 0.900. The Balaban J connectivity index is 1.68. The number of amides is 1. The zero-order valence-electron chi connectivity index (χ0n) is 13.5. The highest BCUT2D eigenvalue weighted by Crippen LogP contribution is 2.31. The SMILES string of the molecule is CS(=O)(=O)N1CCCc2cc(NC(=O)CCc3ccco3)ccc21. The van der Waals surface area contributed by atoms with Gasteiger partial charge in [-0.15, -0.1) is 0 Å². The number of anilines is 2. The van der Waals surface area contributed by atoms with Gasteiger partial charge in [-0.3, -0.25) is 9.10 Å².